The maximum atomic E-state index is 4.39. The van der Waals surface area contributed by atoms with Gasteiger partial charge < -0.3 is 0 Å². The normalized spacial score (nSPS) is 11.8. The van der Waals surface area contributed by atoms with Crippen LogP contribution in [0.5, 0.6) is 0 Å². The lowest BCUT2D eigenvalue weighted by atomic mass is 9.82. The predicted molar refractivity (Wildman–Crippen MR) is 71.0 cm³/mol. The summed E-state index contributed by atoms with van der Waals surface area (Å²) in [5.41, 5.74) is 7.18. The second-order valence-electron chi connectivity index (χ2n) is 5.10. The fraction of sp³-hybridized carbons (Fsp3) is 0.357. The lowest BCUT2D eigenvalue weighted by Crippen LogP contribution is -2.13. The van der Waals surface area contributed by atoms with Crippen molar-refractivity contribution in [3.63, 3.8) is 0 Å². The Hall–Kier alpha value is -1.15. The highest BCUT2D eigenvalue weighted by molar-refractivity contribution is 7.07. The third kappa shape index (κ3) is 2.03. The zero-order valence-corrected chi connectivity index (χ0v) is 11.1. The lowest BCUT2D eigenvalue weighted by Gasteiger charge is -2.23. The standard InChI is InChI=1S/C14H17NS/c1-10-11(13-8-16-9-15-13)6-5-7-12(10)14(2,3)4/h5-9H,1-4H3. The van der Waals surface area contributed by atoms with Crippen LogP contribution in [0.4, 0.5) is 0 Å². The van der Waals surface area contributed by atoms with E-state index >= 15 is 0 Å². The van der Waals surface area contributed by atoms with E-state index in [0.29, 0.717) is 0 Å². The Morgan fingerprint density at radius 2 is 1.94 bits per heavy atom. The molecule has 0 N–H and O–H groups in total. The molecule has 0 spiro atoms. The van der Waals surface area contributed by atoms with Crippen LogP contribution in [0.2, 0.25) is 0 Å². The van der Waals surface area contributed by atoms with Crippen molar-refractivity contribution in [3.8, 4) is 11.3 Å². The molecule has 2 rings (SSSR count). The molecule has 0 unspecified atom stereocenters. The van der Waals surface area contributed by atoms with E-state index in [-0.39, 0.29) is 5.41 Å². The van der Waals surface area contributed by atoms with Crippen molar-refractivity contribution in [3.05, 3.63) is 40.2 Å². The number of nitrogens with zero attached hydrogens (tertiary/aromatic N) is 1. The minimum absolute atomic E-state index is 0.191. The molecule has 1 nitrogen and oxygen atoms in total. The molecule has 0 saturated carbocycles. The molecule has 0 bridgehead atoms. The van der Waals surface area contributed by atoms with Gasteiger partial charge in [0.05, 0.1) is 11.2 Å². The molecule has 0 radical (unpaired) electrons. The molecule has 0 saturated heterocycles. The van der Waals surface area contributed by atoms with Crippen LogP contribution in [0.1, 0.15) is 31.9 Å². The van der Waals surface area contributed by atoms with Crippen molar-refractivity contribution in [2.24, 2.45) is 0 Å². The summed E-state index contributed by atoms with van der Waals surface area (Å²) in [6.45, 7) is 8.94. The van der Waals surface area contributed by atoms with E-state index in [1.165, 1.54) is 16.7 Å². The molecule has 0 aliphatic carbocycles. The van der Waals surface area contributed by atoms with E-state index in [4.69, 9.17) is 0 Å². The number of rotatable bonds is 1. The molecule has 0 atom stereocenters. The van der Waals surface area contributed by atoms with E-state index in [9.17, 15) is 0 Å². The van der Waals surface area contributed by atoms with Gasteiger partial charge in [0.15, 0.2) is 0 Å². The summed E-state index contributed by atoms with van der Waals surface area (Å²) in [7, 11) is 0. The highest BCUT2D eigenvalue weighted by atomic mass is 32.1. The first kappa shape index (κ1) is 11.3. The first-order valence-corrected chi connectivity index (χ1v) is 6.43. The number of aromatic nitrogens is 1. The van der Waals surface area contributed by atoms with E-state index < -0.39 is 0 Å². The van der Waals surface area contributed by atoms with Crippen molar-refractivity contribution >= 4 is 11.3 Å². The Labute approximate surface area is 101 Å². The number of hydrogen-bond donors (Lipinski definition) is 0. The molecule has 1 heterocycles. The van der Waals surface area contributed by atoms with Gasteiger partial charge in [-0.05, 0) is 23.5 Å². The Kier molecular flexibility index (Phi) is 2.85. The fourth-order valence-electron chi connectivity index (χ4n) is 2.07. The third-order valence-corrected chi connectivity index (χ3v) is 3.44. The summed E-state index contributed by atoms with van der Waals surface area (Å²) in [5, 5.41) is 2.11. The summed E-state index contributed by atoms with van der Waals surface area (Å²) < 4.78 is 0. The summed E-state index contributed by atoms with van der Waals surface area (Å²) in [4.78, 5) is 4.39. The predicted octanol–water partition coefficient (Wildman–Crippen LogP) is 4.42. The average Bonchev–Trinajstić information content (AvgIpc) is 2.69. The zero-order valence-electron chi connectivity index (χ0n) is 10.2. The average molecular weight is 231 g/mol. The Morgan fingerprint density at radius 1 is 1.19 bits per heavy atom. The van der Waals surface area contributed by atoms with Crippen LogP contribution in [0.15, 0.2) is 29.1 Å². The van der Waals surface area contributed by atoms with Crippen LogP contribution in [-0.4, -0.2) is 4.98 Å². The van der Waals surface area contributed by atoms with Crippen molar-refractivity contribution in [1.29, 1.82) is 0 Å². The van der Waals surface area contributed by atoms with E-state index in [0.717, 1.165) is 5.69 Å². The van der Waals surface area contributed by atoms with Crippen molar-refractivity contribution in [2.45, 2.75) is 33.1 Å². The van der Waals surface area contributed by atoms with Crippen LogP contribution in [0.25, 0.3) is 11.3 Å². The molecule has 2 aromatic rings. The molecule has 0 aliphatic heterocycles. The fourth-order valence-corrected chi connectivity index (χ4v) is 2.62. The monoisotopic (exact) mass is 231 g/mol. The van der Waals surface area contributed by atoms with Gasteiger partial charge >= 0.3 is 0 Å². The molecular weight excluding hydrogens is 214 g/mol. The minimum Gasteiger partial charge on any atom is -0.245 e. The first-order valence-electron chi connectivity index (χ1n) is 5.49. The van der Waals surface area contributed by atoms with Gasteiger partial charge in [-0.1, -0.05) is 39.0 Å². The summed E-state index contributed by atoms with van der Waals surface area (Å²) in [6, 6.07) is 6.49. The molecule has 2 heteroatoms. The highest BCUT2D eigenvalue weighted by Crippen LogP contribution is 2.32. The first-order chi connectivity index (χ1) is 7.50. The highest BCUT2D eigenvalue weighted by Gasteiger charge is 2.18. The van der Waals surface area contributed by atoms with Gasteiger partial charge in [0, 0.05) is 10.9 Å². The molecule has 0 aliphatic rings. The second kappa shape index (κ2) is 4.02. The van der Waals surface area contributed by atoms with Gasteiger partial charge in [-0.25, -0.2) is 4.98 Å². The van der Waals surface area contributed by atoms with Gasteiger partial charge in [0.25, 0.3) is 0 Å². The molecule has 16 heavy (non-hydrogen) atoms. The Morgan fingerprint density at radius 3 is 2.50 bits per heavy atom. The van der Waals surface area contributed by atoms with Gasteiger partial charge in [-0.3, -0.25) is 0 Å². The number of benzene rings is 1. The van der Waals surface area contributed by atoms with Gasteiger partial charge in [-0.15, -0.1) is 11.3 Å². The van der Waals surface area contributed by atoms with Crippen molar-refractivity contribution in [2.75, 3.05) is 0 Å². The SMILES string of the molecule is Cc1c(-c2cscn2)cccc1C(C)(C)C. The van der Waals surface area contributed by atoms with Crippen molar-refractivity contribution in [1.82, 2.24) is 4.98 Å². The van der Waals surface area contributed by atoms with Crippen LogP contribution < -0.4 is 0 Å². The largest absolute Gasteiger partial charge is 0.245 e. The zero-order chi connectivity index (χ0) is 11.8. The molecular formula is C14H17NS. The maximum absolute atomic E-state index is 4.39. The quantitative estimate of drug-likeness (QED) is 0.708. The van der Waals surface area contributed by atoms with Gasteiger partial charge in [0.1, 0.15) is 0 Å². The van der Waals surface area contributed by atoms with Gasteiger partial charge in [-0.2, -0.15) is 0 Å². The Balaban J connectivity index is 2.58. The summed E-state index contributed by atoms with van der Waals surface area (Å²) in [5.74, 6) is 0. The smallest absolute Gasteiger partial charge is 0.0813 e. The molecule has 1 aromatic carbocycles. The minimum atomic E-state index is 0.191. The Bertz CT molecular complexity index is 478. The van der Waals surface area contributed by atoms with Crippen LogP contribution in [0.3, 0.4) is 0 Å². The van der Waals surface area contributed by atoms with Crippen LogP contribution >= 0.6 is 11.3 Å². The molecule has 1 aromatic heterocycles. The topological polar surface area (TPSA) is 12.9 Å². The summed E-state index contributed by atoms with van der Waals surface area (Å²) in [6.07, 6.45) is 0. The maximum Gasteiger partial charge on any atom is 0.0813 e. The second-order valence-corrected chi connectivity index (χ2v) is 5.82. The number of thiazole rings is 1. The van der Waals surface area contributed by atoms with Gasteiger partial charge in [0.2, 0.25) is 0 Å². The number of hydrogen-bond acceptors (Lipinski definition) is 2. The van der Waals surface area contributed by atoms with Crippen molar-refractivity contribution < 1.29 is 0 Å². The van der Waals surface area contributed by atoms with E-state index in [1.807, 2.05) is 5.51 Å². The van der Waals surface area contributed by atoms with Crippen LogP contribution in [-0.2, 0) is 5.41 Å². The molecule has 84 valence electrons. The molecule has 0 amide bonds. The third-order valence-electron chi connectivity index (χ3n) is 2.85. The lowest BCUT2D eigenvalue weighted by molar-refractivity contribution is 0.586. The van der Waals surface area contributed by atoms with Crippen LogP contribution in [0, 0.1) is 6.92 Å². The summed E-state index contributed by atoms with van der Waals surface area (Å²) >= 11 is 1.65. The van der Waals surface area contributed by atoms with E-state index in [2.05, 4.69) is 56.3 Å². The van der Waals surface area contributed by atoms with E-state index in [1.54, 1.807) is 11.3 Å². The molecule has 0 fully saturated rings.